The summed E-state index contributed by atoms with van der Waals surface area (Å²) in [5, 5.41) is 20.7. The number of carbonyl (C=O) groups is 2. The number of nitrogens with zero attached hydrogens (tertiary/aromatic N) is 1. The third-order valence-corrected chi connectivity index (χ3v) is 3.49. The number of methoxy groups -OCH3 is 2. The van der Waals surface area contributed by atoms with Gasteiger partial charge < -0.3 is 19.9 Å². The zero-order valence-corrected chi connectivity index (χ0v) is 14.1. The van der Waals surface area contributed by atoms with Crippen LogP contribution >= 0.6 is 0 Å². The summed E-state index contributed by atoms with van der Waals surface area (Å²) in [7, 11) is 2.95. The van der Waals surface area contributed by atoms with Crippen molar-refractivity contribution in [3.05, 3.63) is 59.2 Å². The molecule has 2 aromatic rings. The van der Waals surface area contributed by atoms with Crippen molar-refractivity contribution in [1.29, 1.82) is 5.26 Å². The number of hydrogen-bond acceptors (Lipinski definition) is 5. The fourth-order valence-corrected chi connectivity index (χ4v) is 2.22. The van der Waals surface area contributed by atoms with E-state index in [0.29, 0.717) is 22.7 Å². The van der Waals surface area contributed by atoms with Crippen molar-refractivity contribution in [3.63, 3.8) is 0 Å². The third-order valence-electron chi connectivity index (χ3n) is 3.49. The summed E-state index contributed by atoms with van der Waals surface area (Å²) < 4.78 is 10.5. The Morgan fingerprint density at radius 2 is 1.81 bits per heavy atom. The highest BCUT2D eigenvalue weighted by Crippen LogP contribution is 2.32. The molecule has 0 aliphatic carbocycles. The van der Waals surface area contributed by atoms with E-state index in [2.05, 4.69) is 5.32 Å². The molecule has 0 heterocycles. The highest BCUT2D eigenvalue weighted by molar-refractivity contribution is 6.10. The van der Waals surface area contributed by atoms with Crippen LogP contribution in [0.5, 0.6) is 11.5 Å². The molecular formula is C19H16N2O5. The average molecular weight is 352 g/mol. The molecule has 0 unspecified atom stereocenters. The molecule has 0 aliphatic rings. The number of carbonyl (C=O) groups excluding carboxylic acids is 1. The predicted octanol–water partition coefficient (Wildman–Crippen LogP) is 2.95. The quantitative estimate of drug-likeness (QED) is 0.611. The number of para-hydroxylation sites is 1. The maximum Gasteiger partial charge on any atom is 0.335 e. The summed E-state index contributed by atoms with van der Waals surface area (Å²) in [6, 6.07) is 12.6. The van der Waals surface area contributed by atoms with Crippen molar-refractivity contribution in [3.8, 4) is 17.6 Å². The predicted molar refractivity (Wildman–Crippen MR) is 95.2 cm³/mol. The van der Waals surface area contributed by atoms with Gasteiger partial charge in [0, 0.05) is 11.3 Å². The Kier molecular flexibility index (Phi) is 5.96. The van der Waals surface area contributed by atoms with Crippen LogP contribution in [-0.4, -0.2) is 31.2 Å². The molecule has 132 valence electrons. The lowest BCUT2D eigenvalue weighted by Crippen LogP contribution is -2.13. The maximum absolute atomic E-state index is 12.3. The van der Waals surface area contributed by atoms with E-state index in [0.717, 1.165) is 0 Å². The fourth-order valence-electron chi connectivity index (χ4n) is 2.22. The van der Waals surface area contributed by atoms with Crippen molar-refractivity contribution in [2.75, 3.05) is 19.5 Å². The SMILES string of the molecule is COc1cccc(/C=C(\C#N)C(=O)Nc2ccc(C(=O)O)cc2)c1OC. The second-order valence-electron chi connectivity index (χ2n) is 5.09. The summed E-state index contributed by atoms with van der Waals surface area (Å²) in [6.07, 6.45) is 1.39. The Hall–Kier alpha value is -3.79. The van der Waals surface area contributed by atoms with Gasteiger partial charge in [-0.2, -0.15) is 5.26 Å². The van der Waals surface area contributed by atoms with Crippen LogP contribution in [0.15, 0.2) is 48.0 Å². The first-order chi connectivity index (χ1) is 12.5. The van der Waals surface area contributed by atoms with Crippen molar-refractivity contribution in [2.45, 2.75) is 0 Å². The van der Waals surface area contributed by atoms with Gasteiger partial charge in [0.2, 0.25) is 0 Å². The molecule has 2 aromatic carbocycles. The minimum atomic E-state index is -1.06. The summed E-state index contributed by atoms with van der Waals surface area (Å²) >= 11 is 0. The number of carboxylic acid groups (broad SMARTS) is 1. The molecular weight excluding hydrogens is 336 g/mol. The van der Waals surface area contributed by atoms with Gasteiger partial charge in [0.1, 0.15) is 11.6 Å². The summed E-state index contributed by atoms with van der Waals surface area (Å²) in [4.78, 5) is 23.2. The molecule has 0 saturated heterocycles. The molecule has 0 saturated carbocycles. The Bertz CT molecular complexity index is 895. The number of amides is 1. The molecule has 26 heavy (non-hydrogen) atoms. The molecule has 0 atom stereocenters. The van der Waals surface area contributed by atoms with Crippen LogP contribution in [0.3, 0.4) is 0 Å². The second-order valence-corrected chi connectivity index (χ2v) is 5.09. The number of aromatic carboxylic acids is 1. The Morgan fingerprint density at radius 1 is 1.12 bits per heavy atom. The molecule has 0 aromatic heterocycles. The van der Waals surface area contributed by atoms with Gasteiger partial charge in [-0.25, -0.2) is 4.79 Å². The number of benzene rings is 2. The molecule has 0 bridgehead atoms. The van der Waals surface area contributed by atoms with Crippen LogP contribution in [0.25, 0.3) is 6.08 Å². The topological polar surface area (TPSA) is 109 Å². The van der Waals surface area contributed by atoms with Crippen LogP contribution in [0.1, 0.15) is 15.9 Å². The van der Waals surface area contributed by atoms with Gasteiger partial charge in [-0.3, -0.25) is 4.79 Å². The monoisotopic (exact) mass is 352 g/mol. The highest BCUT2D eigenvalue weighted by Gasteiger charge is 2.13. The second kappa shape index (κ2) is 8.35. The molecule has 7 nitrogen and oxygen atoms in total. The standard InChI is InChI=1S/C19H16N2O5/c1-25-16-5-3-4-13(17(16)26-2)10-14(11-20)18(22)21-15-8-6-12(7-9-15)19(23)24/h3-10H,1-2H3,(H,21,22)(H,23,24)/b14-10+. The summed E-state index contributed by atoms with van der Waals surface area (Å²) in [5.74, 6) is -0.810. The van der Waals surface area contributed by atoms with E-state index in [9.17, 15) is 14.9 Å². The molecule has 2 N–H and O–H groups in total. The van der Waals surface area contributed by atoms with Crippen molar-refractivity contribution < 1.29 is 24.2 Å². The van der Waals surface area contributed by atoms with E-state index >= 15 is 0 Å². The molecule has 0 fully saturated rings. The molecule has 0 radical (unpaired) electrons. The van der Waals surface area contributed by atoms with Gasteiger partial charge in [0.15, 0.2) is 11.5 Å². The lowest BCUT2D eigenvalue weighted by Gasteiger charge is -2.10. The minimum absolute atomic E-state index is 0.0974. The van der Waals surface area contributed by atoms with Gasteiger partial charge in [-0.1, -0.05) is 12.1 Å². The number of anilines is 1. The largest absolute Gasteiger partial charge is 0.493 e. The Balaban J connectivity index is 2.28. The van der Waals surface area contributed by atoms with E-state index in [1.807, 2.05) is 6.07 Å². The number of ether oxygens (including phenoxy) is 2. The molecule has 1 amide bonds. The number of rotatable bonds is 6. The Labute approximate surface area is 150 Å². The van der Waals surface area contributed by atoms with Gasteiger partial charge >= 0.3 is 5.97 Å². The number of nitriles is 1. The first-order valence-corrected chi connectivity index (χ1v) is 7.47. The highest BCUT2D eigenvalue weighted by atomic mass is 16.5. The van der Waals surface area contributed by atoms with Gasteiger partial charge in [-0.15, -0.1) is 0 Å². The summed E-state index contributed by atoms with van der Waals surface area (Å²) in [5.41, 5.74) is 0.845. The van der Waals surface area contributed by atoms with E-state index in [-0.39, 0.29) is 11.1 Å². The van der Waals surface area contributed by atoms with Crippen LogP contribution in [0, 0.1) is 11.3 Å². The lowest BCUT2D eigenvalue weighted by atomic mass is 10.1. The maximum atomic E-state index is 12.3. The lowest BCUT2D eigenvalue weighted by molar-refractivity contribution is -0.112. The fraction of sp³-hybridized carbons (Fsp3) is 0.105. The number of carboxylic acids is 1. The molecule has 0 aliphatic heterocycles. The van der Waals surface area contributed by atoms with Crippen LogP contribution in [0.4, 0.5) is 5.69 Å². The average Bonchev–Trinajstić information content (AvgIpc) is 2.65. The van der Waals surface area contributed by atoms with Crippen molar-refractivity contribution in [2.24, 2.45) is 0 Å². The van der Waals surface area contributed by atoms with E-state index in [1.54, 1.807) is 18.2 Å². The van der Waals surface area contributed by atoms with Gasteiger partial charge in [0.25, 0.3) is 5.91 Å². The van der Waals surface area contributed by atoms with E-state index in [4.69, 9.17) is 14.6 Å². The molecule has 7 heteroatoms. The zero-order chi connectivity index (χ0) is 19.1. The van der Waals surface area contributed by atoms with E-state index < -0.39 is 11.9 Å². The first-order valence-electron chi connectivity index (χ1n) is 7.47. The molecule has 0 spiro atoms. The van der Waals surface area contributed by atoms with Gasteiger partial charge in [0.05, 0.1) is 19.8 Å². The van der Waals surface area contributed by atoms with Crippen LogP contribution < -0.4 is 14.8 Å². The molecule has 2 rings (SSSR count). The number of hydrogen-bond donors (Lipinski definition) is 2. The zero-order valence-electron chi connectivity index (χ0n) is 14.1. The van der Waals surface area contributed by atoms with Crippen molar-refractivity contribution in [1.82, 2.24) is 0 Å². The smallest absolute Gasteiger partial charge is 0.335 e. The summed E-state index contributed by atoms with van der Waals surface area (Å²) in [6.45, 7) is 0. The van der Waals surface area contributed by atoms with Crippen LogP contribution in [-0.2, 0) is 4.79 Å². The minimum Gasteiger partial charge on any atom is -0.493 e. The van der Waals surface area contributed by atoms with Gasteiger partial charge in [-0.05, 0) is 36.4 Å². The van der Waals surface area contributed by atoms with E-state index in [1.165, 1.54) is 44.6 Å². The third kappa shape index (κ3) is 4.19. The van der Waals surface area contributed by atoms with Crippen LogP contribution in [0.2, 0.25) is 0 Å². The normalized spacial score (nSPS) is 10.6. The number of nitrogens with one attached hydrogen (secondary N) is 1. The van der Waals surface area contributed by atoms with Crippen molar-refractivity contribution >= 4 is 23.6 Å². The Morgan fingerprint density at radius 3 is 2.35 bits per heavy atom. The first kappa shape index (κ1) is 18.5.